The van der Waals surface area contributed by atoms with Crippen molar-refractivity contribution in [2.45, 2.75) is 45.6 Å². The minimum atomic E-state index is -0.191. The second kappa shape index (κ2) is 4.02. The molecule has 17 heavy (non-hydrogen) atoms. The molecule has 1 aliphatic carbocycles. The van der Waals surface area contributed by atoms with E-state index in [4.69, 9.17) is 10.5 Å². The molecule has 1 aromatic rings. The average Bonchev–Trinajstić information content (AvgIpc) is 2.54. The van der Waals surface area contributed by atoms with E-state index in [9.17, 15) is 0 Å². The van der Waals surface area contributed by atoms with E-state index < -0.39 is 0 Å². The van der Waals surface area contributed by atoms with E-state index in [2.05, 4.69) is 32.9 Å². The Labute approximate surface area is 104 Å². The van der Waals surface area contributed by atoms with E-state index in [1.54, 1.807) is 7.11 Å². The molecule has 1 unspecified atom stereocenters. The summed E-state index contributed by atoms with van der Waals surface area (Å²) in [5, 5.41) is 0. The van der Waals surface area contributed by atoms with Gasteiger partial charge < -0.3 is 10.5 Å². The van der Waals surface area contributed by atoms with E-state index in [0.29, 0.717) is 0 Å². The highest BCUT2D eigenvalue weighted by molar-refractivity contribution is 5.40. The molecule has 0 heterocycles. The lowest BCUT2D eigenvalue weighted by Gasteiger charge is -2.39. The summed E-state index contributed by atoms with van der Waals surface area (Å²) < 4.78 is 5.26. The van der Waals surface area contributed by atoms with Crippen LogP contribution in [0.5, 0.6) is 5.75 Å². The van der Waals surface area contributed by atoms with Gasteiger partial charge in [0.05, 0.1) is 7.11 Å². The van der Waals surface area contributed by atoms with Gasteiger partial charge in [-0.05, 0) is 48.4 Å². The largest absolute Gasteiger partial charge is 0.497 e. The van der Waals surface area contributed by atoms with Crippen LogP contribution in [0.15, 0.2) is 18.2 Å². The highest BCUT2D eigenvalue weighted by atomic mass is 16.5. The van der Waals surface area contributed by atoms with Crippen molar-refractivity contribution in [2.24, 2.45) is 11.1 Å². The summed E-state index contributed by atoms with van der Waals surface area (Å²) >= 11 is 0. The first-order chi connectivity index (χ1) is 7.90. The Morgan fingerprint density at radius 3 is 2.41 bits per heavy atom. The maximum Gasteiger partial charge on any atom is 0.119 e. The average molecular weight is 233 g/mol. The quantitative estimate of drug-likeness (QED) is 0.850. The van der Waals surface area contributed by atoms with Crippen molar-refractivity contribution < 1.29 is 4.74 Å². The lowest BCUT2D eigenvalue weighted by atomic mass is 9.70. The molecule has 0 spiro atoms. The first-order valence-corrected chi connectivity index (χ1v) is 6.35. The van der Waals surface area contributed by atoms with E-state index >= 15 is 0 Å². The number of ether oxygens (including phenoxy) is 1. The van der Waals surface area contributed by atoms with Gasteiger partial charge in [0.2, 0.25) is 0 Å². The molecule has 0 aliphatic heterocycles. The van der Waals surface area contributed by atoms with Crippen LogP contribution < -0.4 is 10.5 Å². The topological polar surface area (TPSA) is 35.2 Å². The Morgan fingerprint density at radius 2 is 1.94 bits per heavy atom. The van der Waals surface area contributed by atoms with Crippen molar-refractivity contribution in [3.05, 3.63) is 29.3 Å². The second-order valence-electron chi connectivity index (χ2n) is 5.89. The van der Waals surface area contributed by atoms with Gasteiger partial charge >= 0.3 is 0 Å². The van der Waals surface area contributed by atoms with Crippen LogP contribution in [0.2, 0.25) is 0 Å². The molecule has 0 bridgehead atoms. The zero-order valence-corrected chi connectivity index (χ0v) is 11.3. The minimum absolute atomic E-state index is 0.173. The van der Waals surface area contributed by atoms with Crippen molar-refractivity contribution in [1.29, 1.82) is 0 Å². The summed E-state index contributed by atoms with van der Waals surface area (Å²) in [6, 6.07) is 6.24. The van der Waals surface area contributed by atoms with Crippen LogP contribution in [0.4, 0.5) is 0 Å². The van der Waals surface area contributed by atoms with Crippen molar-refractivity contribution in [3.63, 3.8) is 0 Å². The predicted octanol–water partition coefficient (Wildman–Crippen LogP) is 3.37. The number of hydrogen-bond donors (Lipinski definition) is 1. The van der Waals surface area contributed by atoms with Crippen molar-refractivity contribution in [2.75, 3.05) is 7.11 Å². The van der Waals surface area contributed by atoms with Gasteiger partial charge in [0.25, 0.3) is 0 Å². The monoisotopic (exact) mass is 233 g/mol. The molecule has 1 saturated carbocycles. The molecule has 2 N–H and O–H groups in total. The SMILES string of the molecule is COc1ccc(C2(N)CCCC2(C)C)c(C)c1. The summed E-state index contributed by atoms with van der Waals surface area (Å²) in [7, 11) is 1.70. The molecule has 0 radical (unpaired) electrons. The number of methoxy groups -OCH3 is 1. The van der Waals surface area contributed by atoms with Crippen LogP contribution in [0.1, 0.15) is 44.2 Å². The van der Waals surface area contributed by atoms with Crippen molar-refractivity contribution in [1.82, 2.24) is 0 Å². The van der Waals surface area contributed by atoms with Gasteiger partial charge in [-0.25, -0.2) is 0 Å². The number of rotatable bonds is 2. The van der Waals surface area contributed by atoms with Gasteiger partial charge in [-0.1, -0.05) is 26.3 Å². The Kier molecular flexibility index (Phi) is 2.94. The van der Waals surface area contributed by atoms with Gasteiger partial charge in [-0.15, -0.1) is 0 Å². The first-order valence-electron chi connectivity index (χ1n) is 6.35. The smallest absolute Gasteiger partial charge is 0.119 e. The van der Waals surface area contributed by atoms with E-state index in [1.165, 1.54) is 24.0 Å². The Morgan fingerprint density at radius 1 is 1.24 bits per heavy atom. The predicted molar refractivity (Wildman–Crippen MR) is 71.2 cm³/mol. The van der Waals surface area contributed by atoms with E-state index in [1.807, 2.05) is 6.07 Å². The third-order valence-corrected chi connectivity index (χ3v) is 4.49. The van der Waals surface area contributed by atoms with Gasteiger partial charge in [0.15, 0.2) is 0 Å². The second-order valence-corrected chi connectivity index (χ2v) is 5.89. The third-order valence-electron chi connectivity index (χ3n) is 4.49. The summed E-state index contributed by atoms with van der Waals surface area (Å²) in [5.41, 5.74) is 9.21. The molecular weight excluding hydrogens is 210 g/mol. The van der Waals surface area contributed by atoms with Crippen LogP contribution in [0.3, 0.4) is 0 Å². The molecule has 2 rings (SSSR count). The molecule has 2 nitrogen and oxygen atoms in total. The Bertz CT molecular complexity index is 425. The maximum atomic E-state index is 6.71. The van der Waals surface area contributed by atoms with Gasteiger partial charge in [0.1, 0.15) is 5.75 Å². The first kappa shape index (κ1) is 12.4. The Hall–Kier alpha value is -1.02. The van der Waals surface area contributed by atoms with Crippen LogP contribution in [0.25, 0.3) is 0 Å². The third kappa shape index (κ3) is 1.85. The highest BCUT2D eigenvalue weighted by Gasteiger charge is 2.47. The van der Waals surface area contributed by atoms with Crippen LogP contribution in [-0.2, 0) is 5.54 Å². The lowest BCUT2D eigenvalue weighted by Crippen LogP contribution is -2.46. The van der Waals surface area contributed by atoms with Crippen molar-refractivity contribution in [3.8, 4) is 5.75 Å². The number of hydrogen-bond acceptors (Lipinski definition) is 2. The van der Waals surface area contributed by atoms with Crippen LogP contribution in [-0.4, -0.2) is 7.11 Å². The highest BCUT2D eigenvalue weighted by Crippen LogP contribution is 2.51. The fourth-order valence-corrected chi connectivity index (χ4v) is 3.13. The fraction of sp³-hybridized carbons (Fsp3) is 0.600. The lowest BCUT2D eigenvalue weighted by molar-refractivity contribution is 0.209. The zero-order valence-electron chi connectivity index (χ0n) is 11.3. The number of benzene rings is 1. The standard InChI is InChI=1S/C15H23NO/c1-11-10-12(17-4)6-7-13(11)15(16)9-5-8-14(15,2)3/h6-7,10H,5,8-9,16H2,1-4H3. The molecular formula is C15H23NO. The molecule has 0 aromatic heterocycles. The van der Waals surface area contributed by atoms with E-state index in [0.717, 1.165) is 12.2 Å². The maximum absolute atomic E-state index is 6.71. The fourth-order valence-electron chi connectivity index (χ4n) is 3.13. The number of nitrogens with two attached hydrogens (primary N) is 1. The van der Waals surface area contributed by atoms with Crippen LogP contribution >= 0.6 is 0 Å². The summed E-state index contributed by atoms with van der Waals surface area (Å²) in [6.45, 7) is 6.69. The molecule has 2 heteroatoms. The normalized spacial score (nSPS) is 27.1. The molecule has 0 saturated heterocycles. The van der Waals surface area contributed by atoms with E-state index in [-0.39, 0.29) is 11.0 Å². The molecule has 1 fully saturated rings. The van der Waals surface area contributed by atoms with Gasteiger partial charge in [-0.3, -0.25) is 0 Å². The molecule has 0 amide bonds. The number of aryl methyl sites for hydroxylation is 1. The van der Waals surface area contributed by atoms with Gasteiger partial charge in [-0.2, -0.15) is 0 Å². The van der Waals surface area contributed by atoms with Crippen LogP contribution in [0, 0.1) is 12.3 Å². The summed E-state index contributed by atoms with van der Waals surface area (Å²) in [5.74, 6) is 0.908. The molecule has 1 atom stereocenters. The molecule has 1 aliphatic rings. The molecule has 1 aromatic carbocycles. The zero-order chi connectivity index (χ0) is 12.7. The minimum Gasteiger partial charge on any atom is -0.497 e. The van der Waals surface area contributed by atoms with Gasteiger partial charge in [0, 0.05) is 5.54 Å². The Balaban J connectivity index is 2.47. The van der Waals surface area contributed by atoms with Crippen molar-refractivity contribution >= 4 is 0 Å². The summed E-state index contributed by atoms with van der Waals surface area (Å²) in [6.07, 6.45) is 3.50. The summed E-state index contributed by atoms with van der Waals surface area (Å²) in [4.78, 5) is 0. The molecule has 94 valence electrons.